The summed E-state index contributed by atoms with van der Waals surface area (Å²) in [6, 6.07) is 0. The first kappa shape index (κ1) is 45.8. The molecule has 0 unspecified atom stereocenters. The number of carbonyl (C=O) groups is 2. The molecule has 0 aromatic carbocycles. The summed E-state index contributed by atoms with van der Waals surface area (Å²) < 4.78 is 10.3. The zero-order valence-corrected chi connectivity index (χ0v) is 31.3. The Morgan fingerprint density at radius 1 is 0.583 bits per heavy atom. The lowest BCUT2D eigenvalue weighted by Gasteiger charge is -2.12. The molecule has 278 valence electrons. The Morgan fingerprint density at radius 2 is 1.10 bits per heavy atom. The van der Waals surface area contributed by atoms with E-state index >= 15 is 0 Å². The minimum Gasteiger partial charge on any atom is -0.463 e. The minimum absolute atomic E-state index is 0.149. The van der Waals surface area contributed by atoms with Gasteiger partial charge in [0.15, 0.2) is 0 Å². The molecule has 2 atom stereocenters. The molecule has 0 radical (unpaired) electrons. The van der Waals surface area contributed by atoms with Crippen molar-refractivity contribution >= 4 is 11.9 Å². The molecule has 2 N–H and O–H groups in total. The maximum atomic E-state index is 12.0. The molecule has 0 fully saturated rings. The van der Waals surface area contributed by atoms with Gasteiger partial charge in [0.25, 0.3) is 0 Å². The lowest BCUT2D eigenvalue weighted by molar-refractivity contribution is -0.152. The summed E-state index contributed by atoms with van der Waals surface area (Å²) >= 11 is 0. The van der Waals surface area contributed by atoms with Crippen LogP contribution in [-0.2, 0) is 19.1 Å². The average molecular weight is 675 g/mol. The van der Waals surface area contributed by atoms with Crippen LogP contribution in [0.3, 0.4) is 0 Å². The van der Waals surface area contributed by atoms with E-state index in [-0.39, 0.29) is 31.6 Å². The van der Waals surface area contributed by atoms with Crippen molar-refractivity contribution in [2.45, 2.75) is 187 Å². The number of aliphatic hydroxyl groups excluding tert-OH is 2. The molecule has 0 rings (SSSR count). The predicted octanol–water partition coefficient (Wildman–Crippen LogP) is 11.1. The van der Waals surface area contributed by atoms with Gasteiger partial charge in [-0.25, -0.2) is 0 Å². The van der Waals surface area contributed by atoms with E-state index in [1.807, 2.05) is 42.5 Å². The number of hydrogen-bond acceptors (Lipinski definition) is 6. The molecule has 0 aliphatic rings. The van der Waals surface area contributed by atoms with Gasteiger partial charge in [0.2, 0.25) is 0 Å². The highest BCUT2D eigenvalue weighted by molar-refractivity contribution is 5.69. The van der Waals surface area contributed by atoms with Crippen LogP contribution in [0.25, 0.3) is 0 Å². The lowest BCUT2D eigenvalue weighted by atomic mass is 10.0. The largest absolute Gasteiger partial charge is 0.463 e. The van der Waals surface area contributed by atoms with Crippen LogP contribution in [0.2, 0.25) is 0 Å². The second-order valence-electron chi connectivity index (χ2n) is 13.7. The summed E-state index contributed by atoms with van der Waals surface area (Å²) in [6.45, 7) is 6.49. The smallest absolute Gasteiger partial charge is 0.305 e. The van der Waals surface area contributed by atoms with Crippen LogP contribution in [0.5, 0.6) is 0 Å². The van der Waals surface area contributed by atoms with Crippen molar-refractivity contribution in [1.82, 2.24) is 0 Å². The summed E-state index contributed by atoms with van der Waals surface area (Å²) in [5, 5.41) is 20.0. The maximum Gasteiger partial charge on any atom is 0.305 e. The molecule has 6 nitrogen and oxygen atoms in total. The van der Waals surface area contributed by atoms with E-state index < -0.39 is 12.2 Å². The molecule has 0 heterocycles. The van der Waals surface area contributed by atoms with Crippen molar-refractivity contribution in [1.29, 1.82) is 0 Å². The third-order valence-corrected chi connectivity index (χ3v) is 8.33. The summed E-state index contributed by atoms with van der Waals surface area (Å²) in [6.07, 6.45) is 40.5. The van der Waals surface area contributed by atoms with E-state index in [0.717, 1.165) is 44.4 Å². The Kier molecular flexibility index (Phi) is 34.5. The SMILES string of the molecule is CCCCC/C=C\C=C/[C@@H](O)C/C=C\C/C=C/CCCC(=O)OC[C@H](O)COC(=O)CCCCCCCCCCCCCCCC(C)C. The summed E-state index contributed by atoms with van der Waals surface area (Å²) in [7, 11) is 0. The summed E-state index contributed by atoms with van der Waals surface area (Å²) in [5.41, 5.74) is 0. The molecule has 0 bridgehead atoms. The number of ether oxygens (including phenoxy) is 2. The molecule has 48 heavy (non-hydrogen) atoms. The van der Waals surface area contributed by atoms with Crippen LogP contribution in [-0.4, -0.2) is 47.6 Å². The number of allylic oxidation sites excluding steroid dienone is 6. The number of hydrogen-bond donors (Lipinski definition) is 2. The minimum atomic E-state index is -1.00. The fraction of sp³-hybridized carbons (Fsp3) is 0.762. The second kappa shape index (κ2) is 36.1. The van der Waals surface area contributed by atoms with Crippen LogP contribution in [0.4, 0.5) is 0 Å². The van der Waals surface area contributed by atoms with Crippen LogP contribution >= 0.6 is 0 Å². The van der Waals surface area contributed by atoms with E-state index in [9.17, 15) is 19.8 Å². The Bertz CT molecular complexity index is 843. The van der Waals surface area contributed by atoms with Crippen LogP contribution in [0.1, 0.15) is 175 Å². The Morgan fingerprint density at radius 3 is 1.69 bits per heavy atom. The Labute approximate surface area is 295 Å². The first-order chi connectivity index (χ1) is 23.3. The number of aliphatic hydroxyl groups is 2. The number of carbonyl (C=O) groups excluding carboxylic acids is 2. The first-order valence-electron chi connectivity index (χ1n) is 19.7. The molecule has 0 aliphatic carbocycles. The van der Waals surface area contributed by atoms with Crippen molar-refractivity contribution in [2.75, 3.05) is 13.2 Å². The standard InChI is InChI=1S/C42H74O6/c1-4-5-6-7-16-22-27-32-39(43)33-28-23-18-15-20-25-30-35-42(46)48-37-40(44)36-47-41(45)34-29-24-19-14-12-10-8-9-11-13-17-21-26-31-38(2)3/h15-16,20,22-23,27-28,32,38-40,43-44H,4-14,17-19,21,24-26,29-31,33-37H2,1-3H3/b20-15+,22-16-,28-23-,32-27-/t39-,40-/m1/s1. The van der Waals surface area contributed by atoms with E-state index in [1.54, 1.807) is 0 Å². The average Bonchev–Trinajstić information content (AvgIpc) is 3.06. The molecular formula is C42H74O6. The number of rotatable bonds is 34. The molecule has 0 saturated heterocycles. The van der Waals surface area contributed by atoms with Gasteiger partial charge in [0.05, 0.1) is 6.10 Å². The van der Waals surface area contributed by atoms with Crippen molar-refractivity contribution in [3.8, 4) is 0 Å². The van der Waals surface area contributed by atoms with Crippen LogP contribution in [0.15, 0.2) is 48.6 Å². The van der Waals surface area contributed by atoms with Crippen molar-refractivity contribution in [3.05, 3.63) is 48.6 Å². The molecule has 0 saturated carbocycles. The normalized spacial score (nSPS) is 13.5. The molecule has 6 heteroatoms. The number of esters is 2. The highest BCUT2D eigenvalue weighted by Gasteiger charge is 2.12. The highest BCUT2D eigenvalue weighted by atomic mass is 16.6. The van der Waals surface area contributed by atoms with E-state index in [2.05, 4.69) is 26.8 Å². The summed E-state index contributed by atoms with van der Waals surface area (Å²) in [4.78, 5) is 23.9. The fourth-order valence-electron chi connectivity index (χ4n) is 5.28. The van der Waals surface area contributed by atoms with Crippen LogP contribution in [0, 0.1) is 5.92 Å². The number of unbranched alkanes of at least 4 members (excludes halogenated alkanes) is 16. The van der Waals surface area contributed by atoms with Gasteiger partial charge in [-0.15, -0.1) is 0 Å². The molecule has 0 aliphatic heterocycles. The predicted molar refractivity (Wildman–Crippen MR) is 202 cm³/mol. The molecule has 0 aromatic heterocycles. The van der Waals surface area contributed by atoms with Gasteiger partial charge in [-0.2, -0.15) is 0 Å². The molecule has 0 spiro atoms. The zero-order valence-electron chi connectivity index (χ0n) is 31.3. The van der Waals surface area contributed by atoms with Gasteiger partial charge >= 0.3 is 11.9 Å². The third-order valence-electron chi connectivity index (χ3n) is 8.33. The van der Waals surface area contributed by atoms with Gasteiger partial charge in [-0.1, -0.05) is 166 Å². The Hall–Kier alpha value is -2.18. The van der Waals surface area contributed by atoms with Gasteiger partial charge in [0, 0.05) is 12.8 Å². The van der Waals surface area contributed by atoms with Crippen LogP contribution < -0.4 is 0 Å². The van der Waals surface area contributed by atoms with Gasteiger partial charge in [0.1, 0.15) is 19.3 Å². The van der Waals surface area contributed by atoms with Crippen molar-refractivity contribution < 1.29 is 29.3 Å². The summed E-state index contributed by atoms with van der Waals surface area (Å²) in [5.74, 6) is 0.172. The zero-order chi connectivity index (χ0) is 35.3. The quantitative estimate of drug-likeness (QED) is 0.0305. The van der Waals surface area contributed by atoms with E-state index in [1.165, 1.54) is 89.9 Å². The molecule has 0 amide bonds. The lowest BCUT2D eigenvalue weighted by Crippen LogP contribution is -2.25. The van der Waals surface area contributed by atoms with Gasteiger partial charge < -0.3 is 19.7 Å². The Balaban J connectivity index is 3.59. The van der Waals surface area contributed by atoms with Gasteiger partial charge in [-0.3, -0.25) is 9.59 Å². The first-order valence-corrected chi connectivity index (χ1v) is 19.7. The highest BCUT2D eigenvalue weighted by Crippen LogP contribution is 2.15. The van der Waals surface area contributed by atoms with Crippen molar-refractivity contribution in [3.63, 3.8) is 0 Å². The topological polar surface area (TPSA) is 93.1 Å². The monoisotopic (exact) mass is 675 g/mol. The second-order valence-corrected chi connectivity index (χ2v) is 13.7. The molecular weight excluding hydrogens is 600 g/mol. The maximum absolute atomic E-state index is 12.0. The van der Waals surface area contributed by atoms with E-state index in [0.29, 0.717) is 19.3 Å². The fourth-order valence-corrected chi connectivity index (χ4v) is 5.28. The van der Waals surface area contributed by atoms with Gasteiger partial charge in [-0.05, 0) is 50.9 Å². The van der Waals surface area contributed by atoms with Crippen molar-refractivity contribution in [2.24, 2.45) is 5.92 Å². The third kappa shape index (κ3) is 36.7. The van der Waals surface area contributed by atoms with E-state index in [4.69, 9.17) is 9.47 Å². The molecule has 0 aromatic rings.